The molecule has 4 rings (SSSR count). The van der Waals surface area contributed by atoms with Crippen molar-refractivity contribution in [3.8, 4) is 6.07 Å². The first-order valence-electron chi connectivity index (χ1n) is 13.3. The smallest absolute Gasteiger partial charge is 0.340 e. The van der Waals surface area contributed by atoms with Crippen molar-refractivity contribution >= 4 is 33.6 Å². The largest absolute Gasteiger partial charge is 0.459 e. The molecule has 1 aliphatic carbocycles. The van der Waals surface area contributed by atoms with Crippen molar-refractivity contribution in [3.63, 3.8) is 0 Å². The summed E-state index contributed by atoms with van der Waals surface area (Å²) in [6, 6.07) is 3.58. The van der Waals surface area contributed by atoms with Crippen LogP contribution in [0.3, 0.4) is 0 Å². The second-order valence-corrected chi connectivity index (χ2v) is 12.4. The number of hydrogen-bond acceptors (Lipinski definition) is 9. The molecule has 0 atom stereocenters. The second-order valence-electron chi connectivity index (χ2n) is 10.6. The van der Waals surface area contributed by atoms with Crippen molar-refractivity contribution in [1.82, 2.24) is 14.6 Å². The van der Waals surface area contributed by atoms with E-state index < -0.39 is 27.8 Å². The number of esters is 1. The van der Waals surface area contributed by atoms with E-state index in [-0.39, 0.29) is 41.4 Å². The van der Waals surface area contributed by atoms with Crippen molar-refractivity contribution < 1.29 is 27.5 Å². The maximum Gasteiger partial charge on any atom is 0.340 e. The highest BCUT2D eigenvalue weighted by atomic mass is 32.2. The van der Waals surface area contributed by atoms with Crippen molar-refractivity contribution in [1.29, 1.82) is 5.26 Å². The highest BCUT2D eigenvalue weighted by Crippen LogP contribution is 2.30. The number of amides is 2. The molecule has 12 heteroatoms. The fourth-order valence-corrected chi connectivity index (χ4v) is 6.60. The number of aromatic nitrogens is 1. The Hall–Kier alpha value is -3.20. The number of likely N-dealkylation sites (tertiary alicyclic amines) is 1. The summed E-state index contributed by atoms with van der Waals surface area (Å²) >= 11 is 0. The van der Waals surface area contributed by atoms with Gasteiger partial charge in [0.1, 0.15) is 11.9 Å². The SMILES string of the molecule is CC(C)OC(=O)c1cc(C#N)c(N2CCC(C(=O)NS(=O)(=O)CC3CCC3)CC2)nc1CN1CCCC1=O. The molecule has 2 aliphatic heterocycles. The van der Waals surface area contributed by atoms with Crippen LogP contribution in [0, 0.1) is 23.2 Å². The first-order chi connectivity index (χ1) is 18.1. The van der Waals surface area contributed by atoms with Gasteiger partial charge in [0.25, 0.3) is 0 Å². The lowest BCUT2D eigenvalue weighted by Gasteiger charge is -2.33. The molecular weight excluding hydrogens is 510 g/mol. The highest BCUT2D eigenvalue weighted by molar-refractivity contribution is 7.90. The zero-order chi connectivity index (χ0) is 27.4. The third-order valence-electron chi connectivity index (χ3n) is 7.38. The maximum atomic E-state index is 12.8. The predicted octanol–water partition coefficient (Wildman–Crippen LogP) is 2.10. The molecular formula is C26H35N5O6S. The summed E-state index contributed by atoms with van der Waals surface area (Å²) in [4.78, 5) is 46.0. The summed E-state index contributed by atoms with van der Waals surface area (Å²) in [5.74, 6) is -1.07. The van der Waals surface area contributed by atoms with Gasteiger partial charge in [0.2, 0.25) is 21.8 Å². The molecule has 1 saturated carbocycles. The molecule has 2 amide bonds. The number of piperidine rings is 1. The number of ether oxygens (including phenoxy) is 1. The number of carbonyl (C=O) groups is 3. The Morgan fingerprint density at radius 1 is 1.18 bits per heavy atom. The molecule has 1 aromatic heterocycles. The van der Waals surface area contributed by atoms with Gasteiger partial charge in [0.05, 0.1) is 35.2 Å². The molecule has 1 N–H and O–H groups in total. The maximum absolute atomic E-state index is 12.8. The molecule has 11 nitrogen and oxygen atoms in total. The average Bonchev–Trinajstić information content (AvgIpc) is 3.24. The molecule has 0 aromatic carbocycles. The van der Waals surface area contributed by atoms with E-state index in [9.17, 15) is 28.1 Å². The van der Waals surface area contributed by atoms with Gasteiger partial charge in [-0.25, -0.2) is 18.2 Å². The van der Waals surface area contributed by atoms with Crippen LogP contribution >= 0.6 is 0 Å². The lowest BCUT2D eigenvalue weighted by atomic mass is 9.87. The van der Waals surface area contributed by atoms with E-state index in [1.807, 2.05) is 4.90 Å². The molecule has 0 radical (unpaired) electrons. The van der Waals surface area contributed by atoms with Gasteiger partial charge >= 0.3 is 5.97 Å². The van der Waals surface area contributed by atoms with Crippen LogP contribution in [-0.2, 0) is 30.9 Å². The Balaban J connectivity index is 1.49. The van der Waals surface area contributed by atoms with Gasteiger partial charge in [-0.2, -0.15) is 5.26 Å². The molecule has 3 aliphatic rings. The van der Waals surface area contributed by atoms with E-state index in [0.717, 1.165) is 25.7 Å². The van der Waals surface area contributed by atoms with Crippen LogP contribution in [0.15, 0.2) is 6.07 Å². The number of nitrogens with zero attached hydrogens (tertiary/aromatic N) is 4. The fraction of sp³-hybridized carbons (Fsp3) is 0.654. The van der Waals surface area contributed by atoms with Crippen LogP contribution in [0.1, 0.15) is 80.4 Å². The van der Waals surface area contributed by atoms with Gasteiger partial charge in [0.15, 0.2) is 0 Å². The molecule has 3 fully saturated rings. The summed E-state index contributed by atoms with van der Waals surface area (Å²) in [5, 5.41) is 9.86. The van der Waals surface area contributed by atoms with Gasteiger partial charge in [-0.15, -0.1) is 0 Å². The Kier molecular flexibility index (Phi) is 8.55. The summed E-state index contributed by atoms with van der Waals surface area (Å²) in [6.45, 7) is 4.94. The predicted molar refractivity (Wildman–Crippen MR) is 138 cm³/mol. The van der Waals surface area contributed by atoms with Gasteiger partial charge in [-0.1, -0.05) is 6.42 Å². The van der Waals surface area contributed by atoms with Gasteiger partial charge in [-0.3, -0.25) is 14.3 Å². The summed E-state index contributed by atoms with van der Waals surface area (Å²) < 4.78 is 32.3. The van der Waals surface area contributed by atoms with Crippen LogP contribution in [0.4, 0.5) is 5.82 Å². The molecule has 2 saturated heterocycles. The molecule has 0 spiro atoms. The molecule has 38 heavy (non-hydrogen) atoms. The summed E-state index contributed by atoms with van der Waals surface area (Å²) in [5.41, 5.74) is 0.717. The van der Waals surface area contributed by atoms with Crippen LogP contribution in [0.2, 0.25) is 0 Å². The number of pyridine rings is 1. The van der Waals surface area contributed by atoms with Crippen LogP contribution in [0.25, 0.3) is 0 Å². The Morgan fingerprint density at radius 3 is 2.45 bits per heavy atom. The monoisotopic (exact) mass is 545 g/mol. The van der Waals surface area contributed by atoms with E-state index in [0.29, 0.717) is 50.4 Å². The summed E-state index contributed by atoms with van der Waals surface area (Å²) in [6.07, 6.45) is 4.40. The van der Waals surface area contributed by atoms with E-state index >= 15 is 0 Å². The minimum atomic E-state index is -3.65. The van der Waals surface area contributed by atoms with Crippen molar-refractivity contribution in [2.24, 2.45) is 11.8 Å². The first kappa shape index (κ1) is 27.8. The third-order valence-corrected chi connectivity index (χ3v) is 8.80. The molecule has 206 valence electrons. The van der Waals surface area contributed by atoms with Gasteiger partial charge in [0, 0.05) is 32.0 Å². The molecule has 0 unspecified atom stereocenters. The van der Waals surface area contributed by atoms with Gasteiger partial charge < -0.3 is 14.5 Å². The van der Waals surface area contributed by atoms with E-state index in [1.165, 1.54) is 6.07 Å². The Bertz CT molecular complexity index is 1230. The van der Waals surface area contributed by atoms with E-state index in [2.05, 4.69) is 15.8 Å². The number of carbonyl (C=O) groups excluding carboxylic acids is 3. The van der Waals surface area contributed by atoms with Crippen LogP contribution < -0.4 is 9.62 Å². The number of rotatable bonds is 9. The van der Waals surface area contributed by atoms with Crippen molar-refractivity contribution in [3.05, 3.63) is 22.9 Å². The lowest BCUT2D eigenvalue weighted by molar-refractivity contribution is -0.128. The normalized spacial score (nSPS) is 18.8. The number of nitriles is 1. The second kappa shape index (κ2) is 11.7. The van der Waals surface area contributed by atoms with E-state index in [4.69, 9.17) is 4.74 Å². The topological polar surface area (TPSA) is 150 Å². The lowest BCUT2D eigenvalue weighted by Crippen LogP contribution is -2.44. The standard InChI is InChI=1S/C26H35N5O6S/c1-17(2)37-26(34)21-13-20(14-27)24(28-22(21)15-31-10-4-7-23(31)32)30-11-8-19(9-12-30)25(33)29-38(35,36)16-18-5-3-6-18/h13,17-19H,3-12,15-16H2,1-2H3,(H,29,33). The Morgan fingerprint density at radius 2 is 1.89 bits per heavy atom. The van der Waals surface area contributed by atoms with Crippen molar-refractivity contribution in [2.45, 2.75) is 71.4 Å². The van der Waals surface area contributed by atoms with Crippen LogP contribution in [0.5, 0.6) is 0 Å². The first-order valence-corrected chi connectivity index (χ1v) is 14.9. The molecule has 1 aromatic rings. The minimum Gasteiger partial charge on any atom is -0.459 e. The third kappa shape index (κ3) is 6.62. The average molecular weight is 546 g/mol. The molecule has 0 bridgehead atoms. The Labute approximate surface area is 223 Å². The number of nitrogens with one attached hydrogen (secondary N) is 1. The van der Waals surface area contributed by atoms with Gasteiger partial charge in [-0.05, 0) is 57.9 Å². The zero-order valence-electron chi connectivity index (χ0n) is 21.9. The summed E-state index contributed by atoms with van der Waals surface area (Å²) in [7, 11) is -3.65. The zero-order valence-corrected chi connectivity index (χ0v) is 22.8. The van der Waals surface area contributed by atoms with Crippen LogP contribution in [-0.4, -0.2) is 67.6 Å². The fourth-order valence-electron chi connectivity index (χ4n) is 5.09. The van der Waals surface area contributed by atoms with E-state index in [1.54, 1.807) is 18.7 Å². The number of sulfonamides is 1. The minimum absolute atomic E-state index is 0.0130. The van der Waals surface area contributed by atoms with Crippen molar-refractivity contribution in [2.75, 3.05) is 30.3 Å². The molecule has 3 heterocycles. The number of anilines is 1. The highest BCUT2D eigenvalue weighted by Gasteiger charge is 2.32. The number of hydrogen-bond donors (Lipinski definition) is 1. The quantitative estimate of drug-likeness (QED) is 0.460.